The number of esters is 2. The number of rotatable bonds is 7. The smallest absolute Gasteiger partial charge is 0.345 e. The molecule has 5 nitrogen and oxygen atoms in total. The fourth-order valence-electron chi connectivity index (χ4n) is 4.65. The van der Waals surface area contributed by atoms with Crippen molar-refractivity contribution in [1.29, 1.82) is 0 Å². The van der Waals surface area contributed by atoms with Crippen molar-refractivity contribution in [3.05, 3.63) is 70.2 Å². The van der Waals surface area contributed by atoms with Crippen LogP contribution >= 0.6 is 15.9 Å². The summed E-state index contributed by atoms with van der Waals surface area (Å²) in [7, 11) is 0. The molecular weight excluding hydrogens is 472 g/mol. The van der Waals surface area contributed by atoms with Crippen LogP contribution in [-0.2, 0) is 19.1 Å². The fraction of sp³-hybridized carbons (Fsp3) is 0.423. The van der Waals surface area contributed by atoms with Gasteiger partial charge in [-0.05, 0) is 60.4 Å². The van der Waals surface area contributed by atoms with Crippen molar-refractivity contribution in [2.75, 3.05) is 6.61 Å². The molecule has 3 atom stereocenters. The van der Waals surface area contributed by atoms with Gasteiger partial charge in [0.2, 0.25) is 0 Å². The maximum atomic E-state index is 13.5. The molecule has 6 heteroatoms. The van der Waals surface area contributed by atoms with Crippen molar-refractivity contribution in [1.82, 2.24) is 0 Å². The Labute approximate surface area is 197 Å². The third-order valence-electron chi connectivity index (χ3n) is 5.80. The van der Waals surface area contributed by atoms with Crippen LogP contribution in [0.25, 0.3) is 0 Å². The number of carbonyl (C=O) groups excluding carboxylic acids is 3. The molecule has 3 rings (SSSR count). The highest BCUT2D eigenvalue weighted by molar-refractivity contribution is 9.10. The second-order valence-electron chi connectivity index (χ2n) is 9.38. The molecule has 1 aliphatic rings. The standard InChI is InChI=1S/C26H29BrO5/c1-17-13-20(15-26(2,3)14-17)23(29)24(18-7-5-4-6-8-18)32-22(28)16-31-25(30)19-9-11-21(27)12-10-19/h4-12,17,20,24H,13-16H2,1-3H3. The van der Waals surface area contributed by atoms with Gasteiger partial charge < -0.3 is 9.47 Å². The maximum Gasteiger partial charge on any atom is 0.345 e. The molecule has 0 aromatic heterocycles. The van der Waals surface area contributed by atoms with E-state index in [1.807, 2.05) is 18.2 Å². The van der Waals surface area contributed by atoms with Crippen LogP contribution in [-0.4, -0.2) is 24.3 Å². The zero-order valence-electron chi connectivity index (χ0n) is 18.7. The summed E-state index contributed by atoms with van der Waals surface area (Å²) in [5.74, 6) is -1.23. The Balaban J connectivity index is 1.69. The van der Waals surface area contributed by atoms with E-state index < -0.39 is 24.6 Å². The number of hydrogen-bond acceptors (Lipinski definition) is 5. The molecule has 0 aliphatic heterocycles. The zero-order valence-corrected chi connectivity index (χ0v) is 20.3. The summed E-state index contributed by atoms with van der Waals surface area (Å²) >= 11 is 3.30. The van der Waals surface area contributed by atoms with Crippen molar-refractivity contribution >= 4 is 33.7 Å². The second kappa shape index (κ2) is 10.4. The first kappa shape index (κ1) is 24.2. The van der Waals surface area contributed by atoms with Gasteiger partial charge in [-0.1, -0.05) is 67.0 Å². The molecule has 2 aromatic rings. The number of carbonyl (C=O) groups is 3. The van der Waals surface area contributed by atoms with Crippen LogP contribution in [0.2, 0.25) is 0 Å². The van der Waals surface area contributed by atoms with Crippen molar-refractivity contribution in [2.45, 2.75) is 46.1 Å². The normalized spacial score (nSPS) is 20.8. The van der Waals surface area contributed by atoms with Gasteiger partial charge in [0, 0.05) is 10.4 Å². The summed E-state index contributed by atoms with van der Waals surface area (Å²) in [4.78, 5) is 38.2. The van der Waals surface area contributed by atoms with Crippen molar-refractivity contribution in [3.8, 4) is 0 Å². The fourth-order valence-corrected chi connectivity index (χ4v) is 4.92. The van der Waals surface area contributed by atoms with Crippen LogP contribution in [0.15, 0.2) is 59.1 Å². The Morgan fingerprint density at radius 1 is 1.03 bits per heavy atom. The van der Waals surface area contributed by atoms with E-state index in [4.69, 9.17) is 9.47 Å². The lowest BCUT2D eigenvalue weighted by Gasteiger charge is -2.39. The van der Waals surface area contributed by atoms with Gasteiger partial charge in [0.25, 0.3) is 0 Å². The lowest BCUT2D eigenvalue weighted by Crippen LogP contribution is -2.35. The predicted molar refractivity (Wildman–Crippen MR) is 125 cm³/mol. The van der Waals surface area contributed by atoms with Gasteiger partial charge in [-0.3, -0.25) is 4.79 Å². The molecule has 32 heavy (non-hydrogen) atoms. The van der Waals surface area contributed by atoms with Crippen molar-refractivity contribution in [2.24, 2.45) is 17.3 Å². The molecule has 0 N–H and O–H groups in total. The summed E-state index contributed by atoms with van der Waals surface area (Å²) < 4.78 is 11.5. The van der Waals surface area contributed by atoms with Crippen LogP contribution in [0, 0.1) is 17.3 Å². The highest BCUT2D eigenvalue weighted by Gasteiger charge is 2.39. The molecule has 1 aliphatic carbocycles. The van der Waals surface area contributed by atoms with Gasteiger partial charge in [0.15, 0.2) is 18.5 Å². The van der Waals surface area contributed by atoms with Crippen LogP contribution in [0.4, 0.5) is 0 Å². The highest BCUT2D eigenvalue weighted by atomic mass is 79.9. The molecule has 0 heterocycles. The van der Waals surface area contributed by atoms with E-state index in [0.29, 0.717) is 17.0 Å². The number of halogens is 1. The van der Waals surface area contributed by atoms with Gasteiger partial charge in [0.05, 0.1) is 5.56 Å². The van der Waals surface area contributed by atoms with Crippen LogP contribution < -0.4 is 0 Å². The maximum absolute atomic E-state index is 13.5. The van der Waals surface area contributed by atoms with E-state index in [1.165, 1.54) is 0 Å². The Morgan fingerprint density at radius 3 is 2.31 bits per heavy atom. The van der Waals surface area contributed by atoms with Crippen LogP contribution in [0.1, 0.15) is 62.1 Å². The number of Topliss-reactive ketones (excluding diaryl/α,β-unsaturated/α-hetero) is 1. The summed E-state index contributed by atoms with van der Waals surface area (Å²) in [6.07, 6.45) is 1.59. The summed E-state index contributed by atoms with van der Waals surface area (Å²) in [6.45, 7) is 5.95. The van der Waals surface area contributed by atoms with Gasteiger partial charge >= 0.3 is 11.9 Å². The largest absolute Gasteiger partial charge is 0.450 e. The summed E-state index contributed by atoms with van der Waals surface area (Å²) in [6, 6.07) is 15.6. The second-order valence-corrected chi connectivity index (χ2v) is 10.3. The number of ketones is 1. The average molecular weight is 501 g/mol. The number of ether oxygens (including phenoxy) is 2. The molecule has 0 spiro atoms. The van der Waals surface area contributed by atoms with E-state index in [9.17, 15) is 14.4 Å². The molecule has 2 aromatic carbocycles. The predicted octanol–water partition coefficient (Wildman–Crippen LogP) is 5.92. The van der Waals surface area contributed by atoms with Crippen molar-refractivity contribution in [3.63, 3.8) is 0 Å². The van der Waals surface area contributed by atoms with Crippen molar-refractivity contribution < 1.29 is 23.9 Å². The van der Waals surface area contributed by atoms with E-state index in [0.717, 1.165) is 23.7 Å². The molecule has 1 fully saturated rings. The Bertz CT molecular complexity index is 952. The van der Waals surface area contributed by atoms with E-state index in [1.54, 1.807) is 36.4 Å². The molecule has 170 valence electrons. The Morgan fingerprint density at radius 2 is 1.69 bits per heavy atom. The third kappa shape index (κ3) is 6.52. The minimum Gasteiger partial charge on any atom is -0.450 e. The Hall–Kier alpha value is -2.47. The van der Waals surface area contributed by atoms with E-state index in [-0.39, 0.29) is 17.1 Å². The Kier molecular flexibility index (Phi) is 7.88. The monoisotopic (exact) mass is 500 g/mol. The summed E-state index contributed by atoms with van der Waals surface area (Å²) in [5.41, 5.74) is 1.01. The molecule has 3 unspecified atom stereocenters. The van der Waals surface area contributed by atoms with Gasteiger partial charge in [-0.25, -0.2) is 9.59 Å². The van der Waals surface area contributed by atoms with E-state index >= 15 is 0 Å². The van der Waals surface area contributed by atoms with Gasteiger partial charge in [-0.2, -0.15) is 0 Å². The number of hydrogen-bond donors (Lipinski definition) is 0. The third-order valence-corrected chi connectivity index (χ3v) is 6.33. The lowest BCUT2D eigenvalue weighted by atomic mass is 9.66. The minimum atomic E-state index is -1.01. The van der Waals surface area contributed by atoms with Crippen LogP contribution in [0.5, 0.6) is 0 Å². The SMILES string of the molecule is CC1CC(C(=O)C(OC(=O)COC(=O)c2ccc(Br)cc2)c2ccccc2)CC(C)(C)C1. The zero-order chi connectivity index (χ0) is 23.3. The minimum absolute atomic E-state index is 0.0590. The number of benzene rings is 2. The molecule has 1 saturated carbocycles. The first-order valence-corrected chi connectivity index (χ1v) is 11.6. The molecule has 0 amide bonds. The highest BCUT2D eigenvalue weighted by Crippen LogP contribution is 2.43. The molecular formula is C26H29BrO5. The lowest BCUT2D eigenvalue weighted by molar-refractivity contribution is -0.160. The van der Waals surface area contributed by atoms with Gasteiger partial charge in [-0.15, -0.1) is 0 Å². The molecule has 0 radical (unpaired) electrons. The average Bonchev–Trinajstić information content (AvgIpc) is 2.75. The quantitative estimate of drug-likeness (QED) is 0.441. The molecule has 0 saturated heterocycles. The molecule has 0 bridgehead atoms. The van der Waals surface area contributed by atoms with Crippen LogP contribution in [0.3, 0.4) is 0 Å². The summed E-state index contributed by atoms with van der Waals surface area (Å²) in [5, 5.41) is 0. The first-order valence-electron chi connectivity index (χ1n) is 10.9. The van der Waals surface area contributed by atoms with E-state index in [2.05, 4.69) is 36.7 Å². The first-order chi connectivity index (χ1) is 15.1. The topological polar surface area (TPSA) is 69.7 Å². The van der Waals surface area contributed by atoms with Gasteiger partial charge in [0.1, 0.15) is 0 Å².